The van der Waals surface area contributed by atoms with E-state index in [9.17, 15) is 10.1 Å². The van der Waals surface area contributed by atoms with E-state index in [0.717, 1.165) is 24.0 Å². The molecule has 0 unspecified atom stereocenters. The number of carbonyl (C=O) groups excluding carboxylic acids is 1. The Labute approximate surface area is 143 Å². The predicted octanol–water partition coefficient (Wildman–Crippen LogP) is 4.23. The van der Waals surface area contributed by atoms with Crippen LogP contribution in [0.4, 0.5) is 0 Å². The van der Waals surface area contributed by atoms with Crippen LogP contribution in [0.3, 0.4) is 0 Å². The molecule has 1 amide bonds. The van der Waals surface area contributed by atoms with Gasteiger partial charge in [-0.2, -0.15) is 5.26 Å². The number of nitrogens with one attached hydrogen (secondary N) is 1. The summed E-state index contributed by atoms with van der Waals surface area (Å²) in [6.07, 6.45) is 9.48. The second-order valence-corrected chi connectivity index (χ2v) is 6.71. The van der Waals surface area contributed by atoms with Crippen molar-refractivity contribution in [2.24, 2.45) is 5.92 Å². The molecule has 1 heterocycles. The van der Waals surface area contributed by atoms with Crippen molar-refractivity contribution >= 4 is 16.8 Å². The standard InChI is InChI=1S/C20H25N3O/c1-2-23-14-17(19-16(12-21)10-7-11-18(19)23)20(24)22-13-15-8-5-3-4-6-9-15/h7,10-11,14-15H,2-6,8-9,13H2,1H3,(H,22,24). The van der Waals surface area contributed by atoms with E-state index in [2.05, 4.69) is 11.4 Å². The highest BCUT2D eigenvalue weighted by atomic mass is 16.1. The summed E-state index contributed by atoms with van der Waals surface area (Å²) in [5, 5.41) is 13.3. The molecule has 1 aromatic carbocycles. The number of rotatable bonds is 4. The van der Waals surface area contributed by atoms with Gasteiger partial charge in [-0.15, -0.1) is 0 Å². The first kappa shape index (κ1) is 16.6. The summed E-state index contributed by atoms with van der Waals surface area (Å²) < 4.78 is 2.04. The molecule has 4 heteroatoms. The van der Waals surface area contributed by atoms with E-state index in [1.54, 1.807) is 6.07 Å². The average Bonchev–Trinajstić information content (AvgIpc) is 2.80. The van der Waals surface area contributed by atoms with E-state index in [4.69, 9.17) is 0 Å². The van der Waals surface area contributed by atoms with E-state index in [-0.39, 0.29) is 5.91 Å². The molecule has 0 radical (unpaired) electrons. The number of amides is 1. The lowest BCUT2D eigenvalue weighted by Crippen LogP contribution is -2.29. The second kappa shape index (κ2) is 7.53. The molecule has 126 valence electrons. The Hall–Kier alpha value is -2.28. The molecule has 3 rings (SSSR count). The number of aryl methyl sites for hydroxylation is 1. The number of hydrogen-bond donors (Lipinski definition) is 1. The molecule has 1 saturated carbocycles. The fourth-order valence-electron chi connectivity index (χ4n) is 3.78. The smallest absolute Gasteiger partial charge is 0.253 e. The van der Waals surface area contributed by atoms with Gasteiger partial charge in [0.1, 0.15) is 0 Å². The summed E-state index contributed by atoms with van der Waals surface area (Å²) in [4.78, 5) is 12.8. The number of hydrogen-bond acceptors (Lipinski definition) is 2. The number of nitriles is 1. The summed E-state index contributed by atoms with van der Waals surface area (Å²) in [6.45, 7) is 3.57. The summed E-state index contributed by atoms with van der Waals surface area (Å²) in [5.74, 6) is 0.533. The molecule has 1 N–H and O–H groups in total. The fourth-order valence-corrected chi connectivity index (χ4v) is 3.78. The Bertz CT molecular complexity index is 761. The zero-order valence-corrected chi connectivity index (χ0v) is 14.3. The van der Waals surface area contributed by atoms with E-state index < -0.39 is 0 Å². The Morgan fingerprint density at radius 3 is 2.71 bits per heavy atom. The Kier molecular flexibility index (Phi) is 5.20. The molecule has 0 aliphatic heterocycles. The molecule has 4 nitrogen and oxygen atoms in total. The van der Waals surface area contributed by atoms with Gasteiger partial charge in [0.05, 0.1) is 22.7 Å². The molecule has 2 aromatic rings. The minimum atomic E-state index is -0.0563. The first-order valence-corrected chi connectivity index (χ1v) is 9.04. The first-order valence-electron chi connectivity index (χ1n) is 9.04. The van der Waals surface area contributed by atoms with Crippen LogP contribution in [-0.2, 0) is 6.54 Å². The van der Waals surface area contributed by atoms with E-state index in [1.165, 1.54) is 38.5 Å². The maximum atomic E-state index is 12.8. The quantitative estimate of drug-likeness (QED) is 0.856. The minimum Gasteiger partial charge on any atom is -0.352 e. The van der Waals surface area contributed by atoms with Crippen molar-refractivity contribution in [3.05, 3.63) is 35.5 Å². The first-order chi connectivity index (χ1) is 11.7. The molecule has 24 heavy (non-hydrogen) atoms. The molecular weight excluding hydrogens is 298 g/mol. The van der Waals surface area contributed by atoms with Crippen LogP contribution in [-0.4, -0.2) is 17.0 Å². The van der Waals surface area contributed by atoms with Crippen molar-refractivity contribution in [1.82, 2.24) is 9.88 Å². The number of nitrogens with zero attached hydrogens (tertiary/aromatic N) is 2. The Balaban J connectivity index is 1.83. The van der Waals surface area contributed by atoms with Crippen LogP contribution in [0.2, 0.25) is 0 Å². The van der Waals surface area contributed by atoms with Crippen molar-refractivity contribution in [3.8, 4) is 6.07 Å². The maximum absolute atomic E-state index is 12.8. The van der Waals surface area contributed by atoms with Gasteiger partial charge in [-0.3, -0.25) is 4.79 Å². The third-order valence-electron chi connectivity index (χ3n) is 5.14. The highest BCUT2D eigenvalue weighted by Crippen LogP contribution is 2.26. The molecule has 1 aliphatic carbocycles. The van der Waals surface area contributed by atoms with Gasteiger partial charge in [0, 0.05) is 24.7 Å². The fraction of sp³-hybridized carbons (Fsp3) is 0.500. The highest BCUT2D eigenvalue weighted by molar-refractivity contribution is 6.08. The third-order valence-corrected chi connectivity index (χ3v) is 5.14. The van der Waals surface area contributed by atoms with Gasteiger partial charge >= 0.3 is 0 Å². The van der Waals surface area contributed by atoms with Crippen LogP contribution in [0.5, 0.6) is 0 Å². The zero-order valence-electron chi connectivity index (χ0n) is 14.3. The molecular formula is C20H25N3O. The number of fused-ring (bicyclic) bond motifs is 1. The highest BCUT2D eigenvalue weighted by Gasteiger charge is 2.19. The summed E-state index contributed by atoms with van der Waals surface area (Å²) in [6, 6.07) is 7.85. The van der Waals surface area contributed by atoms with Gasteiger partial charge in [0.2, 0.25) is 0 Å². The van der Waals surface area contributed by atoms with Crippen molar-refractivity contribution in [3.63, 3.8) is 0 Å². The van der Waals surface area contributed by atoms with Crippen molar-refractivity contribution in [1.29, 1.82) is 5.26 Å². The van der Waals surface area contributed by atoms with E-state index in [0.29, 0.717) is 17.0 Å². The molecule has 0 saturated heterocycles. The zero-order chi connectivity index (χ0) is 16.9. The number of benzene rings is 1. The van der Waals surface area contributed by atoms with Crippen molar-refractivity contribution in [2.45, 2.75) is 52.0 Å². The van der Waals surface area contributed by atoms with Crippen LogP contribution in [0.15, 0.2) is 24.4 Å². The molecule has 0 atom stereocenters. The van der Waals surface area contributed by atoms with Gasteiger partial charge in [-0.05, 0) is 37.8 Å². The summed E-state index contributed by atoms with van der Waals surface area (Å²) >= 11 is 0. The van der Waals surface area contributed by atoms with E-state index in [1.807, 2.05) is 29.8 Å². The van der Waals surface area contributed by atoms with Gasteiger partial charge in [0.25, 0.3) is 5.91 Å². The van der Waals surface area contributed by atoms with Gasteiger partial charge in [0.15, 0.2) is 0 Å². The van der Waals surface area contributed by atoms with Crippen LogP contribution < -0.4 is 5.32 Å². The van der Waals surface area contributed by atoms with Gasteiger partial charge in [-0.25, -0.2) is 0 Å². The normalized spacial score (nSPS) is 15.8. The Morgan fingerprint density at radius 1 is 1.29 bits per heavy atom. The lowest BCUT2D eigenvalue weighted by molar-refractivity contribution is 0.0947. The SMILES string of the molecule is CCn1cc(C(=O)NCC2CCCCCC2)c2c(C#N)cccc21. The molecule has 0 bridgehead atoms. The second-order valence-electron chi connectivity index (χ2n) is 6.71. The van der Waals surface area contributed by atoms with Crippen LogP contribution >= 0.6 is 0 Å². The van der Waals surface area contributed by atoms with Crippen molar-refractivity contribution < 1.29 is 4.79 Å². The minimum absolute atomic E-state index is 0.0563. The Morgan fingerprint density at radius 2 is 2.04 bits per heavy atom. The maximum Gasteiger partial charge on any atom is 0.253 e. The average molecular weight is 323 g/mol. The number of carbonyl (C=O) groups is 1. The largest absolute Gasteiger partial charge is 0.352 e. The monoisotopic (exact) mass is 323 g/mol. The molecule has 1 aliphatic rings. The van der Waals surface area contributed by atoms with E-state index >= 15 is 0 Å². The summed E-state index contributed by atoms with van der Waals surface area (Å²) in [5.41, 5.74) is 2.15. The van der Waals surface area contributed by atoms with Crippen LogP contribution in [0.1, 0.15) is 61.4 Å². The molecule has 1 fully saturated rings. The topological polar surface area (TPSA) is 57.8 Å². The summed E-state index contributed by atoms with van der Waals surface area (Å²) in [7, 11) is 0. The van der Waals surface area contributed by atoms with Crippen LogP contribution in [0, 0.1) is 17.2 Å². The lowest BCUT2D eigenvalue weighted by atomic mass is 10.00. The number of aromatic nitrogens is 1. The third kappa shape index (κ3) is 3.31. The predicted molar refractivity (Wildman–Crippen MR) is 95.9 cm³/mol. The molecule has 0 spiro atoms. The van der Waals surface area contributed by atoms with Crippen LogP contribution in [0.25, 0.3) is 10.9 Å². The van der Waals surface area contributed by atoms with Gasteiger partial charge in [-0.1, -0.05) is 31.7 Å². The lowest BCUT2D eigenvalue weighted by Gasteiger charge is -2.14. The van der Waals surface area contributed by atoms with Crippen molar-refractivity contribution in [2.75, 3.05) is 6.54 Å². The molecule has 1 aromatic heterocycles. The van der Waals surface area contributed by atoms with Gasteiger partial charge < -0.3 is 9.88 Å².